The third kappa shape index (κ3) is 3.04. The molecule has 0 bridgehead atoms. The molecule has 1 heterocycles. The van der Waals surface area contributed by atoms with E-state index < -0.39 is 0 Å². The molecule has 6 nitrogen and oxygen atoms in total. The van der Waals surface area contributed by atoms with E-state index in [9.17, 15) is 4.79 Å². The Balaban J connectivity index is 2.01. The van der Waals surface area contributed by atoms with Gasteiger partial charge in [0.25, 0.3) is 5.91 Å². The van der Waals surface area contributed by atoms with E-state index in [2.05, 4.69) is 10.3 Å². The fraction of sp³-hybridized carbons (Fsp3) is 0.231. The number of carbonyl (C=O) groups is 1. The summed E-state index contributed by atoms with van der Waals surface area (Å²) in [4.78, 5) is 15.9. The van der Waals surface area contributed by atoms with Crippen LogP contribution in [0.1, 0.15) is 22.0 Å². The first-order valence-electron chi connectivity index (χ1n) is 5.73. The van der Waals surface area contributed by atoms with Gasteiger partial charge in [-0.25, -0.2) is 4.98 Å². The van der Waals surface area contributed by atoms with Crippen molar-refractivity contribution in [3.63, 3.8) is 0 Å². The zero-order valence-electron chi connectivity index (χ0n) is 10.8. The minimum absolute atomic E-state index is 0.235. The van der Waals surface area contributed by atoms with Gasteiger partial charge in [-0.05, 0) is 25.1 Å². The molecule has 3 N–H and O–H groups in total. The van der Waals surface area contributed by atoms with E-state index in [-0.39, 0.29) is 12.5 Å². The van der Waals surface area contributed by atoms with Crippen molar-refractivity contribution in [3.8, 4) is 5.75 Å². The summed E-state index contributed by atoms with van der Waals surface area (Å²) in [5.74, 6) is 1.47. The highest BCUT2D eigenvalue weighted by Gasteiger charge is 2.09. The van der Waals surface area contributed by atoms with Crippen molar-refractivity contribution in [1.82, 2.24) is 10.3 Å². The maximum absolute atomic E-state index is 11.9. The summed E-state index contributed by atoms with van der Waals surface area (Å²) >= 11 is 0. The lowest BCUT2D eigenvalue weighted by Crippen LogP contribution is -2.23. The van der Waals surface area contributed by atoms with Crippen molar-refractivity contribution in [2.75, 3.05) is 12.8 Å². The lowest BCUT2D eigenvalue weighted by Gasteiger charge is -2.07. The van der Waals surface area contributed by atoms with E-state index in [1.807, 2.05) is 0 Å². The Labute approximate surface area is 110 Å². The van der Waals surface area contributed by atoms with Gasteiger partial charge in [0, 0.05) is 5.56 Å². The predicted molar refractivity (Wildman–Crippen MR) is 69.8 cm³/mol. The molecule has 0 saturated heterocycles. The van der Waals surface area contributed by atoms with Crippen LogP contribution >= 0.6 is 0 Å². The summed E-state index contributed by atoms with van der Waals surface area (Å²) < 4.78 is 10.3. The highest BCUT2D eigenvalue weighted by Crippen LogP contribution is 2.21. The lowest BCUT2D eigenvalue weighted by atomic mass is 10.2. The molecule has 1 amide bonds. The van der Waals surface area contributed by atoms with Crippen LogP contribution in [-0.4, -0.2) is 18.0 Å². The van der Waals surface area contributed by atoms with Gasteiger partial charge in [0.2, 0.25) is 5.89 Å². The predicted octanol–water partition coefficient (Wildman–Crippen LogP) is 1.50. The van der Waals surface area contributed by atoms with Crippen LogP contribution in [0.15, 0.2) is 28.8 Å². The van der Waals surface area contributed by atoms with Crippen LogP contribution in [0.3, 0.4) is 0 Å². The molecule has 2 rings (SSSR count). The number of hydrogen-bond acceptors (Lipinski definition) is 5. The molecule has 6 heteroatoms. The molecule has 0 aliphatic heterocycles. The van der Waals surface area contributed by atoms with Crippen LogP contribution < -0.4 is 15.8 Å². The summed E-state index contributed by atoms with van der Waals surface area (Å²) in [5, 5.41) is 2.70. The Morgan fingerprint density at radius 1 is 1.53 bits per heavy atom. The van der Waals surface area contributed by atoms with Crippen LogP contribution in [0.4, 0.5) is 5.69 Å². The topological polar surface area (TPSA) is 90.4 Å². The number of benzene rings is 1. The maximum atomic E-state index is 11.9. The number of aromatic nitrogens is 1. The largest absolute Gasteiger partial charge is 0.495 e. The van der Waals surface area contributed by atoms with E-state index in [4.69, 9.17) is 14.9 Å². The first-order valence-corrected chi connectivity index (χ1v) is 5.73. The SMILES string of the molecule is COc1ccc(C(=O)NCc2ncc(C)o2)cc1N. The number of aryl methyl sites for hydroxylation is 1. The number of hydrogen-bond donors (Lipinski definition) is 2. The van der Waals surface area contributed by atoms with Gasteiger partial charge in [-0.2, -0.15) is 0 Å². The van der Waals surface area contributed by atoms with E-state index in [1.54, 1.807) is 31.3 Å². The smallest absolute Gasteiger partial charge is 0.251 e. The molecule has 100 valence electrons. The van der Waals surface area contributed by atoms with Crippen molar-refractivity contribution >= 4 is 11.6 Å². The summed E-state index contributed by atoms with van der Waals surface area (Å²) in [5.41, 5.74) is 6.62. The molecule has 0 atom stereocenters. The highest BCUT2D eigenvalue weighted by atomic mass is 16.5. The Kier molecular flexibility index (Phi) is 3.70. The minimum atomic E-state index is -0.245. The zero-order chi connectivity index (χ0) is 13.8. The van der Waals surface area contributed by atoms with Gasteiger partial charge < -0.3 is 20.2 Å². The number of ether oxygens (including phenoxy) is 1. The number of amides is 1. The minimum Gasteiger partial charge on any atom is -0.495 e. The molecule has 0 fully saturated rings. The Morgan fingerprint density at radius 2 is 2.32 bits per heavy atom. The molecule has 0 aliphatic rings. The molecule has 0 aliphatic carbocycles. The fourth-order valence-corrected chi connectivity index (χ4v) is 1.62. The Bertz CT molecular complexity index is 593. The van der Waals surface area contributed by atoms with Gasteiger partial charge in [0.1, 0.15) is 11.5 Å². The molecule has 1 aromatic heterocycles. The van der Waals surface area contributed by atoms with Crippen molar-refractivity contribution in [3.05, 3.63) is 41.6 Å². The molecule has 0 radical (unpaired) electrons. The van der Waals surface area contributed by atoms with Crippen molar-refractivity contribution in [1.29, 1.82) is 0 Å². The number of rotatable bonds is 4. The number of nitrogen functional groups attached to an aromatic ring is 1. The lowest BCUT2D eigenvalue weighted by molar-refractivity contribution is 0.0947. The van der Waals surface area contributed by atoms with E-state index in [0.717, 1.165) is 0 Å². The second-order valence-electron chi connectivity index (χ2n) is 4.00. The van der Waals surface area contributed by atoms with Crippen molar-refractivity contribution < 1.29 is 13.9 Å². The first-order chi connectivity index (χ1) is 9.10. The first kappa shape index (κ1) is 12.9. The van der Waals surface area contributed by atoms with Crippen molar-refractivity contribution in [2.45, 2.75) is 13.5 Å². The monoisotopic (exact) mass is 261 g/mol. The number of nitrogens with zero attached hydrogens (tertiary/aromatic N) is 1. The molecule has 19 heavy (non-hydrogen) atoms. The average molecular weight is 261 g/mol. The van der Waals surface area contributed by atoms with Gasteiger partial charge in [-0.15, -0.1) is 0 Å². The van der Waals surface area contributed by atoms with Crippen LogP contribution in [0.25, 0.3) is 0 Å². The van der Waals surface area contributed by atoms with Crippen LogP contribution in [0, 0.1) is 6.92 Å². The molecule has 0 spiro atoms. The summed E-state index contributed by atoms with van der Waals surface area (Å²) in [6, 6.07) is 4.86. The second kappa shape index (κ2) is 5.43. The number of carbonyl (C=O) groups excluding carboxylic acids is 1. The number of methoxy groups -OCH3 is 1. The Hall–Kier alpha value is -2.50. The normalized spacial score (nSPS) is 10.2. The van der Waals surface area contributed by atoms with Gasteiger partial charge in [-0.1, -0.05) is 0 Å². The summed E-state index contributed by atoms with van der Waals surface area (Å²) in [6.45, 7) is 2.03. The van der Waals surface area contributed by atoms with Crippen molar-refractivity contribution in [2.24, 2.45) is 0 Å². The zero-order valence-corrected chi connectivity index (χ0v) is 10.8. The molecule has 2 aromatic rings. The maximum Gasteiger partial charge on any atom is 0.251 e. The standard InChI is InChI=1S/C13H15N3O3/c1-8-6-15-12(19-8)7-16-13(17)9-3-4-11(18-2)10(14)5-9/h3-6H,7,14H2,1-2H3,(H,16,17). The average Bonchev–Trinajstić information content (AvgIpc) is 2.81. The van der Waals surface area contributed by atoms with Gasteiger partial charge in [-0.3, -0.25) is 4.79 Å². The number of oxazole rings is 1. The quantitative estimate of drug-likeness (QED) is 0.814. The molecule has 0 saturated carbocycles. The van der Waals surface area contributed by atoms with Gasteiger partial charge >= 0.3 is 0 Å². The van der Waals surface area contributed by atoms with Crippen LogP contribution in [0.2, 0.25) is 0 Å². The molecule has 1 aromatic carbocycles. The Morgan fingerprint density at radius 3 is 2.89 bits per heavy atom. The van der Waals surface area contributed by atoms with Crippen LogP contribution in [-0.2, 0) is 6.54 Å². The van der Waals surface area contributed by atoms with Crippen LogP contribution in [0.5, 0.6) is 5.75 Å². The molecular weight excluding hydrogens is 246 g/mol. The fourth-order valence-electron chi connectivity index (χ4n) is 1.62. The van der Waals surface area contributed by atoms with Gasteiger partial charge in [0.05, 0.1) is 25.5 Å². The second-order valence-corrected chi connectivity index (χ2v) is 4.00. The number of anilines is 1. The van der Waals surface area contributed by atoms with Gasteiger partial charge in [0.15, 0.2) is 0 Å². The van der Waals surface area contributed by atoms with E-state index in [1.165, 1.54) is 7.11 Å². The number of nitrogens with two attached hydrogens (primary N) is 1. The summed E-state index contributed by atoms with van der Waals surface area (Å²) in [6.07, 6.45) is 1.60. The summed E-state index contributed by atoms with van der Waals surface area (Å²) in [7, 11) is 1.52. The highest BCUT2D eigenvalue weighted by molar-refractivity contribution is 5.95. The molecule has 0 unspecified atom stereocenters. The van der Waals surface area contributed by atoms with E-state index >= 15 is 0 Å². The van der Waals surface area contributed by atoms with E-state index in [0.29, 0.717) is 28.7 Å². The third-order valence-electron chi connectivity index (χ3n) is 2.56. The molecular formula is C13H15N3O3. The number of nitrogens with one attached hydrogen (secondary N) is 1. The third-order valence-corrected chi connectivity index (χ3v) is 2.56.